The summed E-state index contributed by atoms with van der Waals surface area (Å²) >= 11 is 6.17. The van der Waals surface area contributed by atoms with Crippen molar-refractivity contribution < 1.29 is 33.0 Å². The number of rotatable bonds is 8. The molecule has 0 bridgehead atoms. The van der Waals surface area contributed by atoms with Gasteiger partial charge in [0.1, 0.15) is 30.4 Å². The molecule has 35 heavy (non-hydrogen) atoms. The Kier molecular flexibility index (Phi) is 7.12. The number of halogens is 2. The Hall–Kier alpha value is -4.17. The van der Waals surface area contributed by atoms with Crippen molar-refractivity contribution in [3.05, 3.63) is 106 Å². The Morgan fingerprint density at radius 3 is 2.40 bits per heavy atom. The third-order valence-electron chi connectivity index (χ3n) is 5.13. The molecule has 1 aliphatic rings. The number of esters is 2. The molecule has 0 fully saturated rings. The molecule has 0 spiro atoms. The minimum Gasteiger partial charge on any atom is -0.465 e. The van der Waals surface area contributed by atoms with Crippen molar-refractivity contribution in [1.29, 1.82) is 0 Å². The average Bonchev–Trinajstić information content (AvgIpc) is 2.87. The first kappa shape index (κ1) is 24.0. The Labute approximate surface area is 205 Å². The average molecular weight is 496 g/mol. The molecule has 3 aromatic rings. The van der Waals surface area contributed by atoms with Crippen LogP contribution in [0.1, 0.15) is 21.5 Å². The van der Waals surface area contributed by atoms with Crippen LogP contribution in [0.4, 0.5) is 4.39 Å². The summed E-state index contributed by atoms with van der Waals surface area (Å²) in [6.45, 7) is -0.394. The second-order valence-corrected chi connectivity index (χ2v) is 7.89. The number of ether oxygens (including phenoxy) is 3. The van der Waals surface area contributed by atoms with E-state index in [9.17, 15) is 18.8 Å². The first-order valence-electron chi connectivity index (χ1n) is 10.4. The fourth-order valence-corrected chi connectivity index (χ4v) is 3.61. The van der Waals surface area contributed by atoms with E-state index >= 15 is 0 Å². The molecule has 0 N–H and O–H groups in total. The molecule has 0 saturated heterocycles. The van der Waals surface area contributed by atoms with E-state index in [0.29, 0.717) is 0 Å². The smallest absolute Gasteiger partial charge is 0.338 e. The highest BCUT2D eigenvalue weighted by Gasteiger charge is 2.42. The molecule has 4 rings (SSSR count). The molecule has 9 heteroatoms. The molecular weight excluding hydrogens is 477 g/mol. The van der Waals surface area contributed by atoms with Gasteiger partial charge < -0.3 is 14.2 Å². The highest BCUT2D eigenvalue weighted by atomic mass is 35.5. The number of amides is 1. The van der Waals surface area contributed by atoms with E-state index in [4.69, 9.17) is 25.8 Å². The molecule has 0 atom stereocenters. The lowest BCUT2D eigenvalue weighted by molar-refractivity contribution is -0.149. The van der Waals surface area contributed by atoms with Crippen LogP contribution < -0.4 is 4.74 Å². The monoisotopic (exact) mass is 495 g/mol. The Morgan fingerprint density at radius 1 is 1.00 bits per heavy atom. The molecule has 7 nitrogen and oxygen atoms in total. The second-order valence-electron chi connectivity index (χ2n) is 7.45. The summed E-state index contributed by atoms with van der Waals surface area (Å²) in [5.74, 6) is -2.37. The van der Waals surface area contributed by atoms with Crippen molar-refractivity contribution in [2.45, 2.75) is 6.61 Å². The van der Waals surface area contributed by atoms with Gasteiger partial charge in [-0.05, 0) is 48.0 Å². The molecule has 3 aromatic carbocycles. The van der Waals surface area contributed by atoms with E-state index in [0.717, 1.165) is 10.5 Å². The summed E-state index contributed by atoms with van der Waals surface area (Å²) in [6.07, 6.45) is 0. The fraction of sp³-hybridized carbons (Fsp3) is 0.115. The normalized spacial score (nSPS) is 12.8. The number of hydrogen-bond donors (Lipinski definition) is 0. The lowest BCUT2D eigenvalue weighted by Gasteiger charge is -2.35. The zero-order chi connectivity index (χ0) is 24.9. The van der Waals surface area contributed by atoms with Crippen LogP contribution in [0, 0.1) is 5.82 Å². The van der Waals surface area contributed by atoms with Gasteiger partial charge in [-0.15, -0.1) is 0 Å². The van der Waals surface area contributed by atoms with Crippen molar-refractivity contribution in [3.8, 4) is 5.75 Å². The lowest BCUT2D eigenvalue weighted by Crippen LogP contribution is -2.46. The summed E-state index contributed by atoms with van der Waals surface area (Å²) in [6, 6.07) is 18.5. The molecule has 1 amide bonds. The van der Waals surface area contributed by atoms with Gasteiger partial charge in [0, 0.05) is 10.6 Å². The Bertz CT molecular complexity index is 1310. The third kappa shape index (κ3) is 5.33. The Balaban J connectivity index is 1.66. The molecule has 0 saturated carbocycles. The molecular formula is C26H19ClFNO6. The standard InChI is InChI=1S/C26H19ClFNO6/c1-33-26(32)20-12-7-17(27)13-21(20)23-24(35-19-10-8-18(28)9-11-19)25(31)29(23)14-22(30)34-15-16-5-3-2-4-6-16/h2-13H,14-15H2,1H3. The number of benzene rings is 3. The van der Waals surface area contributed by atoms with Crippen LogP contribution >= 0.6 is 11.6 Å². The van der Waals surface area contributed by atoms with E-state index in [1.165, 1.54) is 49.6 Å². The maximum Gasteiger partial charge on any atom is 0.338 e. The van der Waals surface area contributed by atoms with Crippen molar-refractivity contribution in [1.82, 2.24) is 4.90 Å². The van der Waals surface area contributed by atoms with Crippen LogP contribution in [-0.4, -0.2) is 36.4 Å². The minimum atomic E-state index is -0.670. The minimum absolute atomic E-state index is 0.0320. The number of carbonyl (C=O) groups is 3. The maximum absolute atomic E-state index is 13.3. The van der Waals surface area contributed by atoms with Crippen LogP contribution in [-0.2, 0) is 25.7 Å². The van der Waals surface area contributed by atoms with Gasteiger partial charge in [0.15, 0.2) is 0 Å². The van der Waals surface area contributed by atoms with Gasteiger partial charge in [-0.25, -0.2) is 9.18 Å². The molecule has 178 valence electrons. The Morgan fingerprint density at radius 2 is 1.71 bits per heavy atom. The number of methoxy groups -OCH3 is 1. The highest BCUT2D eigenvalue weighted by Crippen LogP contribution is 2.38. The third-order valence-corrected chi connectivity index (χ3v) is 5.36. The van der Waals surface area contributed by atoms with Gasteiger partial charge in [-0.2, -0.15) is 0 Å². The fourth-order valence-electron chi connectivity index (χ4n) is 3.44. The van der Waals surface area contributed by atoms with Gasteiger partial charge in [-0.1, -0.05) is 41.9 Å². The van der Waals surface area contributed by atoms with Crippen LogP contribution in [0.15, 0.2) is 78.6 Å². The predicted octanol–water partition coefficient (Wildman–Crippen LogP) is 4.60. The van der Waals surface area contributed by atoms with E-state index < -0.39 is 30.2 Å². The van der Waals surface area contributed by atoms with Crippen LogP contribution in [0.2, 0.25) is 5.02 Å². The van der Waals surface area contributed by atoms with E-state index in [-0.39, 0.29) is 40.0 Å². The van der Waals surface area contributed by atoms with Crippen molar-refractivity contribution in [3.63, 3.8) is 0 Å². The predicted molar refractivity (Wildman–Crippen MR) is 125 cm³/mol. The quantitative estimate of drug-likeness (QED) is 0.425. The topological polar surface area (TPSA) is 82.1 Å². The first-order chi connectivity index (χ1) is 16.9. The molecule has 0 radical (unpaired) electrons. The zero-order valence-electron chi connectivity index (χ0n) is 18.5. The van der Waals surface area contributed by atoms with Gasteiger partial charge in [-0.3, -0.25) is 14.5 Å². The summed E-state index contributed by atoms with van der Waals surface area (Å²) in [5, 5.41) is 0.284. The zero-order valence-corrected chi connectivity index (χ0v) is 19.3. The maximum atomic E-state index is 13.3. The van der Waals surface area contributed by atoms with Gasteiger partial charge in [0.05, 0.1) is 12.7 Å². The first-order valence-corrected chi connectivity index (χ1v) is 10.8. The van der Waals surface area contributed by atoms with Crippen LogP contribution in [0.5, 0.6) is 5.75 Å². The van der Waals surface area contributed by atoms with Gasteiger partial charge in [0.25, 0.3) is 5.91 Å². The molecule has 0 unspecified atom stereocenters. The number of nitrogens with zero attached hydrogens (tertiary/aromatic N) is 1. The largest absolute Gasteiger partial charge is 0.465 e. The number of carbonyl (C=O) groups excluding carboxylic acids is 3. The SMILES string of the molecule is COC(=O)c1ccc(Cl)cc1C1=C(Oc2ccc(F)cc2)C(=O)N1CC(=O)OCc1ccccc1. The van der Waals surface area contributed by atoms with E-state index in [1.807, 2.05) is 18.2 Å². The molecule has 1 aliphatic heterocycles. The van der Waals surface area contributed by atoms with Crippen molar-refractivity contribution >= 4 is 35.1 Å². The molecule has 0 aromatic heterocycles. The van der Waals surface area contributed by atoms with Crippen LogP contribution in [0.3, 0.4) is 0 Å². The second kappa shape index (κ2) is 10.4. The van der Waals surface area contributed by atoms with Crippen LogP contribution in [0.25, 0.3) is 5.70 Å². The van der Waals surface area contributed by atoms with E-state index in [2.05, 4.69) is 0 Å². The summed E-state index contributed by atoms with van der Waals surface area (Å²) < 4.78 is 29.2. The van der Waals surface area contributed by atoms with E-state index in [1.54, 1.807) is 12.1 Å². The van der Waals surface area contributed by atoms with Gasteiger partial charge in [0.2, 0.25) is 5.76 Å². The van der Waals surface area contributed by atoms with Crippen molar-refractivity contribution in [2.24, 2.45) is 0 Å². The summed E-state index contributed by atoms with van der Waals surface area (Å²) in [5.41, 5.74) is 1.28. The molecule has 1 heterocycles. The van der Waals surface area contributed by atoms with Crippen molar-refractivity contribution in [2.75, 3.05) is 13.7 Å². The summed E-state index contributed by atoms with van der Waals surface area (Å²) in [7, 11) is 1.22. The number of hydrogen-bond acceptors (Lipinski definition) is 6. The summed E-state index contributed by atoms with van der Waals surface area (Å²) in [4.78, 5) is 39.0. The highest BCUT2D eigenvalue weighted by molar-refractivity contribution is 6.31. The lowest BCUT2D eigenvalue weighted by atomic mass is 9.97. The molecule has 0 aliphatic carbocycles. The van der Waals surface area contributed by atoms with Gasteiger partial charge >= 0.3 is 11.9 Å².